The second kappa shape index (κ2) is 7.52. The molecule has 1 aromatic rings. The van der Waals surface area contributed by atoms with Gasteiger partial charge < -0.3 is 0 Å². The standard InChI is InChI=1S/C14H16Cl2O/c1-2-3-4-5-6-7-14(17)12-9-8-11(15)10-13(12)16/h2,8-10H,1,3-7H2. The second-order valence-corrected chi connectivity index (χ2v) is 4.78. The Kier molecular flexibility index (Phi) is 6.31. The van der Waals surface area contributed by atoms with Gasteiger partial charge in [-0.15, -0.1) is 6.58 Å². The first kappa shape index (κ1) is 14.3. The molecule has 0 aliphatic carbocycles. The molecule has 0 saturated heterocycles. The Morgan fingerprint density at radius 3 is 2.65 bits per heavy atom. The number of Topliss-reactive ketones (excluding diaryl/α,β-unsaturated/α-hetero) is 1. The molecule has 0 radical (unpaired) electrons. The third-order valence-electron chi connectivity index (χ3n) is 2.54. The Morgan fingerprint density at radius 2 is 2.00 bits per heavy atom. The Labute approximate surface area is 112 Å². The second-order valence-electron chi connectivity index (χ2n) is 3.94. The van der Waals surface area contributed by atoms with Crippen molar-refractivity contribution < 1.29 is 4.79 Å². The fourth-order valence-electron chi connectivity index (χ4n) is 1.60. The number of benzene rings is 1. The number of hydrogen-bond donors (Lipinski definition) is 0. The molecule has 0 unspecified atom stereocenters. The van der Waals surface area contributed by atoms with E-state index in [9.17, 15) is 4.79 Å². The molecule has 1 nitrogen and oxygen atoms in total. The van der Waals surface area contributed by atoms with Gasteiger partial charge in [0.15, 0.2) is 5.78 Å². The first-order valence-electron chi connectivity index (χ1n) is 5.74. The van der Waals surface area contributed by atoms with Crippen molar-refractivity contribution in [3.05, 3.63) is 46.5 Å². The van der Waals surface area contributed by atoms with E-state index in [0.29, 0.717) is 22.0 Å². The number of unbranched alkanes of at least 4 members (excludes halogenated alkanes) is 3. The van der Waals surface area contributed by atoms with E-state index in [-0.39, 0.29) is 5.78 Å². The first-order chi connectivity index (χ1) is 8.15. The number of ketones is 1. The van der Waals surface area contributed by atoms with Crippen LogP contribution < -0.4 is 0 Å². The van der Waals surface area contributed by atoms with Crippen molar-refractivity contribution in [1.82, 2.24) is 0 Å². The summed E-state index contributed by atoms with van der Waals surface area (Å²) in [4.78, 5) is 11.9. The van der Waals surface area contributed by atoms with E-state index in [4.69, 9.17) is 23.2 Å². The SMILES string of the molecule is C=CCCCCCC(=O)c1ccc(Cl)cc1Cl. The Bertz CT molecular complexity index is 399. The normalized spacial score (nSPS) is 10.2. The molecule has 0 aromatic heterocycles. The highest BCUT2D eigenvalue weighted by atomic mass is 35.5. The Balaban J connectivity index is 2.44. The van der Waals surface area contributed by atoms with E-state index in [2.05, 4.69) is 6.58 Å². The van der Waals surface area contributed by atoms with Crippen molar-refractivity contribution in [2.45, 2.75) is 32.1 Å². The minimum absolute atomic E-state index is 0.0882. The van der Waals surface area contributed by atoms with Crippen molar-refractivity contribution in [3.63, 3.8) is 0 Å². The molecule has 1 aromatic carbocycles. The van der Waals surface area contributed by atoms with E-state index < -0.39 is 0 Å². The van der Waals surface area contributed by atoms with Crippen molar-refractivity contribution in [3.8, 4) is 0 Å². The predicted octanol–water partition coefficient (Wildman–Crippen LogP) is 5.31. The zero-order chi connectivity index (χ0) is 12.7. The van der Waals surface area contributed by atoms with Crippen LogP contribution >= 0.6 is 23.2 Å². The fourth-order valence-corrected chi connectivity index (χ4v) is 2.12. The van der Waals surface area contributed by atoms with Crippen LogP contribution in [0.1, 0.15) is 42.5 Å². The van der Waals surface area contributed by atoms with Gasteiger partial charge in [0.2, 0.25) is 0 Å². The summed E-state index contributed by atoms with van der Waals surface area (Å²) in [6.07, 6.45) is 6.48. The van der Waals surface area contributed by atoms with Crippen LogP contribution in [0.2, 0.25) is 10.0 Å². The Morgan fingerprint density at radius 1 is 1.24 bits per heavy atom. The maximum Gasteiger partial charge on any atom is 0.164 e. The number of hydrogen-bond acceptors (Lipinski definition) is 1. The quantitative estimate of drug-likeness (QED) is 0.373. The first-order valence-corrected chi connectivity index (χ1v) is 6.50. The van der Waals surface area contributed by atoms with Crippen LogP contribution in [-0.2, 0) is 0 Å². The highest BCUT2D eigenvalue weighted by Crippen LogP contribution is 2.22. The van der Waals surface area contributed by atoms with Crippen molar-refractivity contribution in [1.29, 1.82) is 0 Å². The molecule has 92 valence electrons. The monoisotopic (exact) mass is 270 g/mol. The van der Waals surface area contributed by atoms with Crippen LogP contribution in [0, 0.1) is 0 Å². The van der Waals surface area contributed by atoms with Gasteiger partial charge in [-0.05, 0) is 37.5 Å². The van der Waals surface area contributed by atoms with Crippen LogP contribution in [0.4, 0.5) is 0 Å². The molecule has 0 amide bonds. The average molecular weight is 271 g/mol. The van der Waals surface area contributed by atoms with Crippen LogP contribution in [0.15, 0.2) is 30.9 Å². The Hall–Kier alpha value is -0.790. The minimum atomic E-state index is 0.0882. The molecule has 0 heterocycles. The van der Waals surface area contributed by atoms with Crippen molar-refractivity contribution in [2.24, 2.45) is 0 Å². The van der Waals surface area contributed by atoms with Gasteiger partial charge in [-0.1, -0.05) is 35.7 Å². The van der Waals surface area contributed by atoms with Gasteiger partial charge in [0.05, 0.1) is 5.02 Å². The van der Waals surface area contributed by atoms with Gasteiger partial charge in [-0.25, -0.2) is 0 Å². The molecule has 1 rings (SSSR count). The number of rotatable bonds is 7. The summed E-state index contributed by atoms with van der Waals surface area (Å²) in [5, 5.41) is 0.992. The highest BCUT2D eigenvalue weighted by Gasteiger charge is 2.09. The number of carbonyl (C=O) groups is 1. The van der Waals surface area contributed by atoms with Gasteiger partial charge in [0.25, 0.3) is 0 Å². The van der Waals surface area contributed by atoms with Gasteiger partial charge in [0, 0.05) is 17.0 Å². The summed E-state index contributed by atoms with van der Waals surface area (Å²) >= 11 is 11.7. The fraction of sp³-hybridized carbons (Fsp3) is 0.357. The summed E-state index contributed by atoms with van der Waals surface area (Å²) in [6.45, 7) is 3.66. The van der Waals surface area contributed by atoms with E-state index in [0.717, 1.165) is 25.7 Å². The molecule has 0 saturated carbocycles. The largest absolute Gasteiger partial charge is 0.294 e. The lowest BCUT2D eigenvalue weighted by atomic mass is 10.0. The molecule has 0 bridgehead atoms. The zero-order valence-electron chi connectivity index (χ0n) is 9.72. The molecule has 0 aliphatic rings. The third kappa shape index (κ3) is 4.93. The molecule has 0 spiro atoms. The maximum atomic E-state index is 11.9. The molecular weight excluding hydrogens is 255 g/mol. The number of carbonyl (C=O) groups excluding carboxylic acids is 1. The minimum Gasteiger partial charge on any atom is -0.294 e. The van der Waals surface area contributed by atoms with E-state index in [1.165, 1.54) is 0 Å². The molecular formula is C14H16Cl2O. The van der Waals surface area contributed by atoms with Gasteiger partial charge in [-0.2, -0.15) is 0 Å². The van der Waals surface area contributed by atoms with Crippen LogP contribution in [0.5, 0.6) is 0 Å². The molecule has 3 heteroatoms. The summed E-state index contributed by atoms with van der Waals surface area (Å²) in [7, 11) is 0. The number of halogens is 2. The lowest BCUT2D eigenvalue weighted by Gasteiger charge is -2.03. The topological polar surface area (TPSA) is 17.1 Å². The molecule has 0 fully saturated rings. The van der Waals surface area contributed by atoms with Gasteiger partial charge in [-0.3, -0.25) is 4.79 Å². The zero-order valence-corrected chi connectivity index (χ0v) is 11.2. The molecule has 17 heavy (non-hydrogen) atoms. The molecule has 0 atom stereocenters. The van der Waals surface area contributed by atoms with Crippen LogP contribution in [0.3, 0.4) is 0 Å². The summed E-state index contributed by atoms with van der Waals surface area (Å²) < 4.78 is 0. The van der Waals surface area contributed by atoms with Crippen molar-refractivity contribution in [2.75, 3.05) is 0 Å². The van der Waals surface area contributed by atoms with Crippen LogP contribution in [-0.4, -0.2) is 5.78 Å². The lowest BCUT2D eigenvalue weighted by molar-refractivity contribution is 0.0979. The average Bonchev–Trinajstić information content (AvgIpc) is 2.28. The number of allylic oxidation sites excluding steroid dienone is 1. The molecule has 0 N–H and O–H groups in total. The van der Waals surface area contributed by atoms with E-state index in [1.807, 2.05) is 6.08 Å². The summed E-state index contributed by atoms with van der Waals surface area (Å²) in [5.74, 6) is 0.0882. The van der Waals surface area contributed by atoms with Crippen LogP contribution in [0.25, 0.3) is 0 Å². The predicted molar refractivity (Wildman–Crippen MR) is 74.1 cm³/mol. The third-order valence-corrected chi connectivity index (χ3v) is 3.09. The van der Waals surface area contributed by atoms with E-state index in [1.54, 1.807) is 18.2 Å². The summed E-state index contributed by atoms with van der Waals surface area (Å²) in [5.41, 5.74) is 0.569. The van der Waals surface area contributed by atoms with Gasteiger partial charge >= 0.3 is 0 Å². The highest BCUT2D eigenvalue weighted by molar-refractivity contribution is 6.36. The van der Waals surface area contributed by atoms with E-state index >= 15 is 0 Å². The maximum absolute atomic E-state index is 11.9. The molecule has 0 aliphatic heterocycles. The lowest BCUT2D eigenvalue weighted by Crippen LogP contribution is -1.99. The van der Waals surface area contributed by atoms with Gasteiger partial charge in [0.1, 0.15) is 0 Å². The smallest absolute Gasteiger partial charge is 0.164 e. The van der Waals surface area contributed by atoms with Crippen molar-refractivity contribution >= 4 is 29.0 Å². The summed E-state index contributed by atoms with van der Waals surface area (Å²) in [6, 6.07) is 4.99.